The summed E-state index contributed by atoms with van der Waals surface area (Å²) in [5.41, 5.74) is 2.05. The van der Waals surface area contributed by atoms with Crippen molar-refractivity contribution in [2.75, 3.05) is 27.2 Å². The van der Waals surface area contributed by atoms with Crippen molar-refractivity contribution in [3.8, 4) is 0 Å². The van der Waals surface area contributed by atoms with Gasteiger partial charge in [-0.25, -0.2) is 9.98 Å². The van der Waals surface area contributed by atoms with Crippen LogP contribution in [0.3, 0.4) is 0 Å². The molecule has 0 saturated carbocycles. The van der Waals surface area contributed by atoms with Gasteiger partial charge in [0.05, 0.1) is 12.2 Å². The van der Waals surface area contributed by atoms with E-state index in [-0.39, 0.29) is 36.4 Å². The lowest BCUT2D eigenvalue weighted by atomic mass is 10.3. The Morgan fingerprint density at radius 1 is 1.35 bits per heavy atom. The maximum absolute atomic E-state index is 11.6. The van der Waals surface area contributed by atoms with E-state index < -0.39 is 0 Å². The summed E-state index contributed by atoms with van der Waals surface area (Å²) in [6.45, 7) is 11.1. The van der Waals surface area contributed by atoms with Crippen LogP contribution in [0.4, 0.5) is 0 Å². The van der Waals surface area contributed by atoms with Crippen LogP contribution in [-0.2, 0) is 11.3 Å². The third kappa shape index (κ3) is 8.31. The zero-order chi connectivity index (χ0) is 16.7. The van der Waals surface area contributed by atoms with Crippen molar-refractivity contribution >= 4 is 47.2 Å². The van der Waals surface area contributed by atoms with Crippen molar-refractivity contribution in [3.05, 3.63) is 27.7 Å². The maximum atomic E-state index is 11.6. The first kappa shape index (κ1) is 21.8. The summed E-state index contributed by atoms with van der Waals surface area (Å²) < 4.78 is 0. The van der Waals surface area contributed by atoms with Crippen LogP contribution in [0.5, 0.6) is 0 Å². The molecule has 0 aliphatic heterocycles. The minimum Gasteiger partial charge on any atom is -0.353 e. The second-order valence-corrected chi connectivity index (χ2v) is 6.65. The molecule has 0 unspecified atom stereocenters. The number of likely N-dealkylation sites (N-methyl/N-ethyl adjacent to an activating group) is 1. The average molecular weight is 451 g/mol. The van der Waals surface area contributed by atoms with Gasteiger partial charge in [0.1, 0.15) is 11.6 Å². The molecule has 0 aliphatic rings. The molecule has 2 N–H and O–H groups in total. The Hall–Kier alpha value is -1.16. The van der Waals surface area contributed by atoms with Crippen LogP contribution in [-0.4, -0.2) is 48.9 Å². The number of hydrogen-bond acceptors (Lipinski definition) is 4. The van der Waals surface area contributed by atoms with Gasteiger partial charge in [0.15, 0.2) is 5.96 Å². The van der Waals surface area contributed by atoms with Gasteiger partial charge in [-0.3, -0.25) is 4.79 Å². The van der Waals surface area contributed by atoms with E-state index in [1.165, 1.54) is 9.78 Å². The molecule has 130 valence electrons. The van der Waals surface area contributed by atoms with Gasteiger partial charge in [-0.05, 0) is 20.8 Å². The molecular weight excluding hydrogens is 425 g/mol. The highest BCUT2D eigenvalue weighted by molar-refractivity contribution is 14.0. The van der Waals surface area contributed by atoms with Gasteiger partial charge in [0, 0.05) is 25.5 Å². The number of aryl methyl sites for hydroxylation is 2. The van der Waals surface area contributed by atoms with Crippen molar-refractivity contribution < 1.29 is 4.79 Å². The molecule has 0 aliphatic carbocycles. The Morgan fingerprint density at radius 3 is 2.48 bits per heavy atom. The Morgan fingerprint density at radius 2 is 2.00 bits per heavy atom. The van der Waals surface area contributed by atoms with Gasteiger partial charge in [-0.1, -0.05) is 12.2 Å². The minimum atomic E-state index is -0.0441. The number of nitrogens with zero attached hydrogens (tertiary/aromatic N) is 3. The molecule has 0 atom stereocenters. The number of carbonyl (C=O) groups excluding carboxylic acids is 1. The number of thiazole rings is 1. The van der Waals surface area contributed by atoms with Crippen LogP contribution < -0.4 is 10.6 Å². The highest BCUT2D eigenvalue weighted by atomic mass is 127. The highest BCUT2D eigenvalue weighted by Gasteiger charge is 2.07. The van der Waals surface area contributed by atoms with Crippen molar-refractivity contribution in [1.29, 1.82) is 0 Å². The van der Waals surface area contributed by atoms with E-state index in [0.29, 0.717) is 19.0 Å². The Labute approximate surface area is 159 Å². The number of aromatic nitrogens is 1. The molecule has 8 heteroatoms. The molecule has 0 saturated heterocycles. The van der Waals surface area contributed by atoms with E-state index in [4.69, 9.17) is 0 Å². The first-order valence-electron chi connectivity index (χ1n) is 7.09. The van der Waals surface area contributed by atoms with E-state index in [1.54, 1.807) is 25.4 Å². The van der Waals surface area contributed by atoms with E-state index in [2.05, 4.69) is 34.1 Å². The number of carbonyl (C=O) groups is 1. The van der Waals surface area contributed by atoms with Gasteiger partial charge in [0.25, 0.3) is 0 Å². The molecule has 0 spiro atoms. The molecule has 1 rings (SSSR count). The SMILES string of the molecule is C=C(C)CNC(=NCC(=O)N(C)C)NCc1nc(C)c(C)s1.I. The number of aliphatic imine (C=N–C) groups is 1. The number of hydrogen-bond donors (Lipinski definition) is 2. The molecule has 6 nitrogen and oxygen atoms in total. The molecule has 0 aromatic carbocycles. The lowest BCUT2D eigenvalue weighted by Crippen LogP contribution is -2.38. The second-order valence-electron chi connectivity index (χ2n) is 5.37. The van der Waals surface area contributed by atoms with E-state index in [0.717, 1.165) is 16.3 Å². The summed E-state index contributed by atoms with van der Waals surface area (Å²) in [6, 6.07) is 0. The fraction of sp³-hybridized carbons (Fsp3) is 0.533. The Balaban J connectivity index is 0.00000484. The number of halogens is 1. The Bertz CT molecular complexity index is 549. The minimum absolute atomic E-state index is 0. The smallest absolute Gasteiger partial charge is 0.243 e. The maximum Gasteiger partial charge on any atom is 0.243 e. The van der Waals surface area contributed by atoms with Crippen LogP contribution in [0, 0.1) is 13.8 Å². The number of guanidine groups is 1. The first-order chi connectivity index (χ1) is 10.3. The van der Waals surface area contributed by atoms with Crippen LogP contribution in [0.2, 0.25) is 0 Å². The van der Waals surface area contributed by atoms with Gasteiger partial charge >= 0.3 is 0 Å². The quantitative estimate of drug-likeness (QED) is 0.301. The molecule has 23 heavy (non-hydrogen) atoms. The largest absolute Gasteiger partial charge is 0.353 e. The van der Waals surface area contributed by atoms with Crippen LogP contribution >= 0.6 is 35.3 Å². The zero-order valence-electron chi connectivity index (χ0n) is 14.4. The molecule has 0 fully saturated rings. The van der Waals surface area contributed by atoms with Crippen molar-refractivity contribution in [2.24, 2.45) is 4.99 Å². The van der Waals surface area contributed by atoms with Crippen LogP contribution in [0.25, 0.3) is 0 Å². The zero-order valence-corrected chi connectivity index (χ0v) is 17.5. The van der Waals surface area contributed by atoms with Gasteiger partial charge in [0.2, 0.25) is 5.91 Å². The molecule has 1 aromatic rings. The van der Waals surface area contributed by atoms with Crippen LogP contribution in [0.15, 0.2) is 17.1 Å². The van der Waals surface area contributed by atoms with Crippen molar-refractivity contribution in [1.82, 2.24) is 20.5 Å². The van der Waals surface area contributed by atoms with Gasteiger partial charge in [-0.2, -0.15) is 0 Å². The fourth-order valence-corrected chi connectivity index (χ4v) is 2.34. The third-order valence-electron chi connectivity index (χ3n) is 2.91. The first-order valence-corrected chi connectivity index (χ1v) is 7.91. The van der Waals surface area contributed by atoms with Crippen molar-refractivity contribution in [2.45, 2.75) is 27.3 Å². The summed E-state index contributed by atoms with van der Waals surface area (Å²) in [5.74, 6) is 0.543. The summed E-state index contributed by atoms with van der Waals surface area (Å²) >= 11 is 1.66. The lowest BCUT2D eigenvalue weighted by molar-refractivity contribution is -0.127. The van der Waals surface area contributed by atoms with Gasteiger partial charge in [-0.15, -0.1) is 35.3 Å². The fourth-order valence-electron chi connectivity index (χ4n) is 1.47. The number of rotatable bonds is 6. The van der Waals surface area contributed by atoms with Crippen molar-refractivity contribution in [3.63, 3.8) is 0 Å². The van der Waals surface area contributed by atoms with Crippen LogP contribution in [0.1, 0.15) is 22.5 Å². The molecule has 1 heterocycles. The molecule has 1 amide bonds. The predicted octanol–water partition coefficient (Wildman–Crippen LogP) is 2.08. The second kappa shape index (κ2) is 10.6. The molecular formula is C15H26IN5OS. The lowest BCUT2D eigenvalue weighted by Gasteiger charge is -2.13. The molecule has 0 bridgehead atoms. The normalized spacial score (nSPS) is 10.7. The standard InChI is InChI=1S/C15H25N5OS.HI/c1-10(2)7-16-15(18-9-14(21)20(5)6)17-8-13-19-11(3)12(4)22-13;/h1,7-9H2,2-6H3,(H2,16,17,18);1H. The Kier molecular flexibility index (Phi) is 10.1. The molecule has 1 aromatic heterocycles. The number of amides is 1. The average Bonchev–Trinajstić information content (AvgIpc) is 2.76. The van der Waals surface area contributed by atoms with Gasteiger partial charge < -0.3 is 15.5 Å². The van der Waals surface area contributed by atoms with E-state index in [9.17, 15) is 4.79 Å². The van der Waals surface area contributed by atoms with E-state index >= 15 is 0 Å². The summed E-state index contributed by atoms with van der Waals surface area (Å²) in [7, 11) is 3.43. The molecule has 0 radical (unpaired) electrons. The monoisotopic (exact) mass is 451 g/mol. The number of nitrogens with one attached hydrogen (secondary N) is 2. The van der Waals surface area contributed by atoms with E-state index in [1.807, 2.05) is 13.8 Å². The predicted molar refractivity (Wildman–Crippen MR) is 108 cm³/mol. The third-order valence-corrected chi connectivity index (χ3v) is 3.98. The summed E-state index contributed by atoms with van der Waals surface area (Å²) in [6.07, 6.45) is 0. The topological polar surface area (TPSA) is 69.6 Å². The highest BCUT2D eigenvalue weighted by Crippen LogP contribution is 2.15. The summed E-state index contributed by atoms with van der Waals surface area (Å²) in [5, 5.41) is 7.35. The summed E-state index contributed by atoms with van der Waals surface area (Å²) in [4.78, 5) is 23.2.